The normalized spacial score (nSPS) is 10.9. The molecule has 0 amide bonds. The fraction of sp³-hybridized carbons (Fsp3) is 0.571. The van der Waals surface area contributed by atoms with Gasteiger partial charge in [-0.15, -0.1) is 0 Å². The summed E-state index contributed by atoms with van der Waals surface area (Å²) in [5.74, 6) is -0.490. The summed E-state index contributed by atoms with van der Waals surface area (Å²) in [7, 11) is -0.497. The van der Waals surface area contributed by atoms with Crippen LogP contribution in [0, 0.1) is 0 Å². The first-order chi connectivity index (χ1) is 5.52. The van der Waals surface area contributed by atoms with Gasteiger partial charge in [0.2, 0.25) is 0 Å². The number of hydrogen-bond donors (Lipinski definition) is 0. The summed E-state index contributed by atoms with van der Waals surface area (Å²) in [5.41, 5.74) is 0. The Bertz CT molecular complexity index is 167. The van der Waals surface area contributed by atoms with Gasteiger partial charge in [-0.25, -0.2) is 4.79 Å². The molecule has 0 fully saturated rings. The molecule has 70 valence electrons. The van der Waals surface area contributed by atoms with Crippen LogP contribution in [0.15, 0.2) is 12.7 Å². The lowest BCUT2D eigenvalue weighted by Gasteiger charge is -2.19. The van der Waals surface area contributed by atoms with Crippen LogP contribution in [0.2, 0.25) is 13.1 Å². The number of carbonyl (C=O) groups is 1. The summed E-state index contributed by atoms with van der Waals surface area (Å²) in [6.07, 6.45) is 1.09. The molecule has 0 N–H and O–H groups in total. The summed E-state index contributed by atoms with van der Waals surface area (Å²) in [4.78, 5) is 10.5. The van der Waals surface area contributed by atoms with E-state index in [2.05, 4.69) is 11.3 Å². The Morgan fingerprint density at radius 2 is 2.17 bits per heavy atom. The second-order valence-corrected chi connectivity index (χ2v) is 6.03. The van der Waals surface area contributed by atoms with Crippen LogP contribution in [-0.2, 0) is 18.4 Å². The number of rotatable bonds is 5. The van der Waals surface area contributed by atoms with E-state index in [1.165, 1.54) is 0 Å². The second-order valence-electron chi connectivity index (χ2n) is 2.53. The third-order valence-electron chi connectivity index (χ3n) is 1.27. The topological polar surface area (TPSA) is 44.8 Å². The van der Waals surface area contributed by atoms with Crippen LogP contribution < -0.4 is 0 Å². The first-order valence-electron chi connectivity index (χ1n) is 3.50. The average Bonchev–Trinajstić information content (AvgIpc) is 2.04. The Balaban J connectivity index is 3.56. The molecule has 0 aromatic rings. The predicted molar refractivity (Wildman–Crippen MR) is 46.7 cm³/mol. The van der Waals surface area contributed by atoms with Crippen molar-refractivity contribution in [2.75, 3.05) is 13.9 Å². The maximum Gasteiger partial charge on any atom is 0.334 e. The van der Waals surface area contributed by atoms with Gasteiger partial charge < -0.3 is 13.6 Å². The Morgan fingerprint density at radius 3 is 2.58 bits per heavy atom. The lowest BCUT2D eigenvalue weighted by Crippen LogP contribution is -2.34. The van der Waals surface area contributed by atoms with Gasteiger partial charge in [-0.2, -0.15) is 0 Å². The molecule has 0 aromatic heterocycles. The molecular formula is C7H14O4Si. The highest BCUT2D eigenvalue weighted by atomic mass is 28.4. The Hall–Kier alpha value is -0.653. The van der Waals surface area contributed by atoms with E-state index >= 15 is 0 Å². The lowest BCUT2D eigenvalue weighted by molar-refractivity contribution is -0.145. The van der Waals surface area contributed by atoms with Gasteiger partial charge in [-0.3, -0.25) is 0 Å². The van der Waals surface area contributed by atoms with E-state index in [1.807, 2.05) is 13.1 Å². The molecule has 0 saturated heterocycles. The highest BCUT2D eigenvalue weighted by molar-refractivity contribution is 6.64. The molecule has 0 aromatic carbocycles. The van der Waals surface area contributed by atoms with Crippen molar-refractivity contribution in [2.24, 2.45) is 0 Å². The second kappa shape index (κ2) is 5.07. The van der Waals surface area contributed by atoms with Crippen molar-refractivity contribution < 1.29 is 18.4 Å². The van der Waals surface area contributed by atoms with Gasteiger partial charge in [0.15, 0.2) is 6.79 Å². The smallest absolute Gasteiger partial charge is 0.334 e. The van der Waals surface area contributed by atoms with Crippen molar-refractivity contribution in [3.05, 3.63) is 12.7 Å². The number of esters is 1. The fourth-order valence-electron chi connectivity index (χ4n) is 0.347. The molecule has 0 unspecified atom stereocenters. The van der Waals surface area contributed by atoms with E-state index in [4.69, 9.17) is 8.85 Å². The average molecular weight is 190 g/mol. The fourth-order valence-corrected chi connectivity index (χ4v) is 0.808. The Morgan fingerprint density at radius 1 is 1.58 bits per heavy atom. The standard InChI is InChI=1S/C7H14O4Si/c1-5-7(8)10-6-11-12(3,4)9-2/h5H,1,6H2,2-4H3. The van der Waals surface area contributed by atoms with Crippen molar-refractivity contribution >= 4 is 14.5 Å². The van der Waals surface area contributed by atoms with Crippen LogP contribution in [0.3, 0.4) is 0 Å². The molecular weight excluding hydrogens is 176 g/mol. The molecule has 0 heterocycles. The van der Waals surface area contributed by atoms with Crippen LogP contribution in [-0.4, -0.2) is 28.4 Å². The van der Waals surface area contributed by atoms with Gasteiger partial charge in [0.1, 0.15) is 0 Å². The third kappa shape index (κ3) is 5.06. The molecule has 0 spiro atoms. The first-order valence-corrected chi connectivity index (χ1v) is 6.32. The molecule has 0 aliphatic rings. The summed E-state index contributed by atoms with van der Waals surface area (Å²) in [5, 5.41) is 0. The number of ether oxygens (including phenoxy) is 1. The van der Waals surface area contributed by atoms with E-state index in [1.54, 1.807) is 7.11 Å². The largest absolute Gasteiger partial charge is 0.436 e. The molecule has 0 radical (unpaired) electrons. The summed E-state index contributed by atoms with van der Waals surface area (Å²) < 4.78 is 14.8. The van der Waals surface area contributed by atoms with E-state index in [0.29, 0.717) is 0 Å². The molecule has 4 nitrogen and oxygen atoms in total. The minimum Gasteiger partial charge on any atom is -0.436 e. The van der Waals surface area contributed by atoms with Crippen LogP contribution in [0.5, 0.6) is 0 Å². The minimum absolute atomic E-state index is 0.0715. The van der Waals surface area contributed by atoms with Crippen molar-refractivity contribution in [3.8, 4) is 0 Å². The van der Waals surface area contributed by atoms with Gasteiger partial charge in [-0.1, -0.05) is 6.58 Å². The molecule has 0 aliphatic heterocycles. The van der Waals surface area contributed by atoms with Crippen molar-refractivity contribution in [3.63, 3.8) is 0 Å². The highest BCUT2D eigenvalue weighted by Gasteiger charge is 2.22. The number of hydrogen-bond acceptors (Lipinski definition) is 4. The zero-order valence-corrected chi connectivity index (χ0v) is 8.62. The summed E-state index contributed by atoms with van der Waals surface area (Å²) >= 11 is 0. The number of carbonyl (C=O) groups excluding carboxylic acids is 1. The maximum absolute atomic E-state index is 10.5. The van der Waals surface area contributed by atoms with Gasteiger partial charge >= 0.3 is 14.5 Å². The van der Waals surface area contributed by atoms with Crippen molar-refractivity contribution in [1.29, 1.82) is 0 Å². The molecule has 0 aliphatic carbocycles. The molecule has 12 heavy (non-hydrogen) atoms. The summed E-state index contributed by atoms with van der Waals surface area (Å²) in [6.45, 7) is 6.89. The van der Waals surface area contributed by atoms with Gasteiger partial charge in [0.05, 0.1) is 0 Å². The zero-order chi connectivity index (χ0) is 9.61. The van der Waals surface area contributed by atoms with Crippen LogP contribution >= 0.6 is 0 Å². The van der Waals surface area contributed by atoms with E-state index in [0.717, 1.165) is 6.08 Å². The highest BCUT2D eigenvalue weighted by Crippen LogP contribution is 2.03. The van der Waals surface area contributed by atoms with Crippen LogP contribution in [0.1, 0.15) is 0 Å². The molecule has 0 atom stereocenters. The SMILES string of the molecule is C=CC(=O)OCO[Si](C)(C)OC. The van der Waals surface area contributed by atoms with E-state index in [9.17, 15) is 4.79 Å². The molecule has 0 rings (SSSR count). The monoisotopic (exact) mass is 190 g/mol. The Kier molecular flexibility index (Phi) is 4.80. The predicted octanol–water partition coefficient (Wildman–Crippen LogP) is 1.04. The lowest BCUT2D eigenvalue weighted by atomic mass is 10.7. The van der Waals surface area contributed by atoms with Gasteiger partial charge in [0.25, 0.3) is 0 Å². The van der Waals surface area contributed by atoms with E-state index < -0.39 is 14.5 Å². The quantitative estimate of drug-likeness (QED) is 0.281. The summed E-state index contributed by atoms with van der Waals surface area (Å²) in [6, 6.07) is 0. The van der Waals surface area contributed by atoms with Crippen molar-refractivity contribution in [2.45, 2.75) is 13.1 Å². The third-order valence-corrected chi connectivity index (χ3v) is 3.06. The maximum atomic E-state index is 10.5. The van der Waals surface area contributed by atoms with Crippen LogP contribution in [0.4, 0.5) is 0 Å². The Labute approximate surface area is 73.4 Å². The molecule has 0 bridgehead atoms. The van der Waals surface area contributed by atoms with Crippen LogP contribution in [0.25, 0.3) is 0 Å². The van der Waals surface area contributed by atoms with Crippen molar-refractivity contribution in [1.82, 2.24) is 0 Å². The minimum atomic E-state index is -2.07. The molecule has 5 heteroatoms. The van der Waals surface area contributed by atoms with Gasteiger partial charge in [0, 0.05) is 13.2 Å². The molecule has 0 saturated carbocycles. The zero-order valence-electron chi connectivity index (χ0n) is 7.62. The van der Waals surface area contributed by atoms with Gasteiger partial charge in [-0.05, 0) is 13.1 Å². The first kappa shape index (κ1) is 11.3. The van der Waals surface area contributed by atoms with E-state index in [-0.39, 0.29) is 6.79 Å².